The molecule has 8 heteroatoms. The van der Waals surface area contributed by atoms with E-state index in [0.29, 0.717) is 29.5 Å². The number of aryl methyl sites for hydroxylation is 1. The van der Waals surface area contributed by atoms with Gasteiger partial charge >= 0.3 is 0 Å². The van der Waals surface area contributed by atoms with Crippen molar-refractivity contribution in [3.63, 3.8) is 0 Å². The van der Waals surface area contributed by atoms with Gasteiger partial charge in [0.25, 0.3) is 5.91 Å². The fourth-order valence-corrected chi connectivity index (χ4v) is 3.65. The van der Waals surface area contributed by atoms with Crippen molar-refractivity contribution >= 4 is 39.3 Å². The van der Waals surface area contributed by atoms with E-state index in [2.05, 4.69) is 31.4 Å². The summed E-state index contributed by atoms with van der Waals surface area (Å²) >= 11 is 9.64. The number of amides is 1. The molecule has 0 unspecified atom stereocenters. The summed E-state index contributed by atoms with van der Waals surface area (Å²) in [5.41, 5.74) is 3.46. The number of rotatable bonds is 6. The first kappa shape index (κ1) is 20.4. The number of nitrogens with zero attached hydrogens (tertiary/aromatic N) is 4. The lowest BCUT2D eigenvalue weighted by Gasteiger charge is -2.07. The molecule has 0 spiro atoms. The molecule has 30 heavy (non-hydrogen) atoms. The molecule has 0 radical (unpaired) electrons. The van der Waals surface area contributed by atoms with E-state index in [0.717, 1.165) is 21.3 Å². The van der Waals surface area contributed by atoms with Gasteiger partial charge in [-0.15, -0.1) is 0 Å². The number of halogens is 2. The zero-order valence-electron chi connectivity index (χ0n) is 16.2. The number of carbonyl (C=O) groups is 1. The normalized spacial score (nSPS) is 10.9. The van der Waals surface area contributed by atoms with E-state index >= 15 is 0 Å². The van der Waals surface area contributed by atoms with Gasteiger partial charge in [-0.2, -0.15) is 10.2 Å². The molecule has 1 N–H and O–H groups in total. The Hall–Kier alpha value is -2.90. The Balaban J connectivity index is 1.46. The zero-order valence-corrected chi connectivity index (χ0v) is 18.6. The largest absolute Gasteiger partial charge is 0.305 e. The number of hydrogen-bond donors (Lipinski definition) is 1. The van der Waals surface area contributed by atoms with Crippen molar-refractivity contribution in [1.29, 1.82) is 0 Å². The van der Waals surface area contributed by atoms with Crippen LogP contribution in [0.4, 0.5) is 5.82 Å². The van der Waals surface area contributed by atoms with Gasteiger partial charge in [0.05, 0.1) is 23.8 Å². The minimum atomic E-state index is -0.208. The molecule has 0 aliphatic carbocycles. The minimum Gasteiger partial charge on any atom is -0.305 e. The van der Waals surface area contributed by atoms with E-state index in [1.165, 1.54) is 0 Å². The Morgan fingerprint density at radius 3 is 2.73 bits per heavy atom. The van der Waals surface area contributed by atoms with E-state index < -0.39 is 0 Å². The lowest BCUT2D eigenvalue weighted by atomic mass is 10.1. The monoisotopic (exact) mass is 483 g/mol. The van der Waals surface area contributed by atoms with Crippen LogP contribution >= 0.6 is 27.5 Å². The fourth-order valence-electron chi connectivity index (χ4n) is 3.13. The number of aromatic nitrogens is 4. The molecule has 0 fully saturated rings. The van der Waals surface area contributed by atoms with Crippen molar-refractivity contribution in [2.75, 3.05) is 5.32 Å². The van der Waals surface area contributed by atoms with Gasteiger partial charge < -0.3 is 5.32 Å². The van der Waals surface area contributed by atoms with Crippen molar-refractivity contribution in [3.05, 3.63) is 98.9 Å². The van der Waals surface area contributed by atoms with Gasteiger partial charge in [-0.1, -0.05) is 41.9 Å². The van der Waals surface area contributed by atoms with Crippen LogP contribution in [0.25, 0.3) is 0 Å². The summed E-state index contributed by atoms with van der Waals surface area (Å²) in [6, 6.07) is 17.0. The van der Waals surface area contributed by atoms with Gasteiger partial charge in [-0.05, 0) is 52.2 Å². The summed E-state index contributed by atoms with van der Waals surface area (Å²) in [5, 5.41) is 12.3. The average Bonchev–Trinajstić information content (AvgIpc) is 3.28. The topological polar surface area (TPSA) is 64.7 Å². The molecule has 2 aromatic heterocycles. The molecular formula is C22H19BrClN5O. The summed E-state index contributed by atoms with van der Waals surface area (Å²) in [6.45, 7) is 3.07. The van der Waals surface area contributed by atoms with Crippen molar-refractivity contribution < 1.29 is 4.79 Å². The summed E-state index contributed by atoms with van der Waals surface area (Å²) in [4.78, 5) is 12.7. The highest BCUT2D eigenvalue weighted by atomic mass is 79.9. The van der Waals surface area contributed by atoms with Gasteiger partial charge in [0, 0.05) is 28.5 Å². The Kier molecular flexibility index (Phi) is 6.01. The van der Waals surface area contributed by atoms with Gasteiger partial charge in [-0.3, -0.25) is 14.2 Å². The maximum Gasteiger partial charge on any atom is 0.256 e. The van der Waals surface area contributed by atoms with Crippen LogP contribution in [0, 0.1) is 6.92 Å². The highest BCUT2D eigenvalue weighted by Crippen LogP contribution is 2.19. The maximum atomic E-state index is 12.7. The molecule has 2 aromatic carbocycles. The van der Waals surface area contributed by atoms with E-state index in [1.807, 2.05) is 66.3 Å². The maximum absolute atomic E-state index is 12.7. The third kappa shape index (κ3) is 4.80. The molecule has 152 valence electrons. The molecular weight excluding hydrogens is 466 g/mol. The predicted molar refractivity (Wildman–Crippen MR) is 121 cm³/mol. The smallest absolute Gasteiger partial charge is 0.256 e. The molecule has 1 amide bonds. The van der Waals surface area contributed by atoms with Crippen LogP contribution in [0.1, 0.15) is 27.2 Å². The molecule has 0 aliphatic rings. The number of anilines is 1. The second-order valence-corrected chi connectivity index (χ2v) is 8.25. The van der Waals surface area contributed by atoms with E-state index in [4.69, 9.17) is 11.6 Å². The zero-order chi connectivity index (χ0) is 21.1. The first-order valence-electron chi connectivity index (χ1n) is 9.34. The molecule has 0 aliphatic heterocycles. The second-order valence-electron chi connectivity index (χ2n) is 6.93. The SMILES string of the molecule is Cc1cc(NC(=O)c2cccc(Cn3cc(Br)cn3)c2)nn1Cc1ccccc1Cl. The number of nitrogens with one attached hydrogen (secondary N) is 1. The van der Waals surface area contributed by atoms with Crippen molar-refractivity contribution in [3.8, 4) is 0 Å². The molecule has 2 heterocycles. The van der Waals surface area contributed by atoms with Crippen molar-refractivity contribution in [2.45, 2.75) is 20.0 Å². The van der Waals surface area contributed by atoms with Crippen LogP contribution in [0.2, 0.25) is 5.02 Å². The third-order valence-corrected chi connectivity index (χ3v) is 5.41. The molecule has 4 rings (SSSR count). The van der Waals surface area contributed by atoms with Gasteiger partial charge in [-0.25, -0.2) is 0 Å². The van der Waals surface area contributed by atoms with E-state index in [9.17, 15) is 4.79 Å². The Morgan fingerprint density at radius 1 is 1.13 bits per heavy atom. The van der Waals surface area contributed by atoms with E-state index in [-0.39, 0.29) is 5.91 Å². The summed E-state index contributed by atoms with van der Waals surface area (Å²) < 4.78 is 4.54. The fraction of sp³-hybridized carbons (Fsp3) is 0.136. The molecule has 0 bridgehead atoms. The predicted octanol–water partition coefficient (Wildman–Crippen LogP) is 5.15. The van der Waals surface area contributed by atoms with Crippen LogP contribution < -0.4 is 5.32 Å². The van der Waals surface area contributed by atoms with Crippen LogP contribution in [-0.2, 0) is 13.1 Å². The summed E-state index contributed by atoms with van der Waals surface area (Å²) in [5.74, 6) is 0.298. The van der Waals surface area contributed by atoms with Gasteiger partial charge in [0.15, 0.2) is 5.82 Å². The molecule has 6 nitrogen and oxygen atoms in total. The highest BCUT2D eigenvalue weighted by molar-refractivity contribution is 9.10. The first-order valence-corrected chi connectivity index (χ1v) is 10.5. The highest BCUT2D eigenvalue weighted by Gasteiger charge is 2.12. The van der Waals surface area contributed by atoms with Crippen molar-refractivity contribution in [1.82, 2.24) is 19.6 Å². The Bertz CT molecular complexity index is 1200. The van der Waals surface area contributed by atoms with Crippen molar-refractivity contribution in [2.24, 2.45) is 0 Å². The summed E-state index contributed by atoms with van der Waals surface area (Å²) in [6.07, 6.45) is 3.62. The molecule has 0 atom stereocenters. The first-order chi connectivity index (χ1) is 14.5. The van der Waals surface area contributed by atoms with E-state index in [1.54, 1.807) is 16.9 Å². The summed E-state index contributed by atoms with van der Waals surface area (Å²) in [7, 11) is 0. The van der Waals surface area contributed by atoms with Gasteiger partial charge in [0.1, 0.15) is 0 Å². The molecule has 4 aromatic rings. The lowest BCUT2D eigenvalue weighted by Crippen LogP contribution is -2.13. The minimum absolute atomic E-state index is 0.208. The van der Waals surface area contributed by atoms with Crippen LogP contribution in [0.5, 0.6) is 0 Å². The quantitative estimate of drug-likeness (QED) is 0.411. The Labute approximate surface area is 187 Å². The average molecular weight is 485 g/mol. The Morgan fingerprint density at radius 2 is 1.97 bits per heavy atom. The van der Waals surface area contributed by atoms with Crippen LogP contribution in [-0.4, -0.2) is 25.5 Å². The number of benzene rings is 2. The third-order valence-electron chi connectivity index (χ3n) is 4.64. The lowest BCUT2D eigenvalue weighted by molar-refractivity contribution is 0.102. The molecule has 0 saturated carbocycles. The molecule has 0 saturated heterocycles. The second kappa shape index (κ2) is 8.85. The van der Waals surface area contributed by atoms with Crippen LogP contribution in [0.15, 0.2) is 71.5 Å². The number of carbonyl (C=O) groups excluding carboxylic acids is 1. The number of hydrogen-bond acceptors (Lipinski definition) is 3. The standard InChI is InChI=1S/C22H19BrClN5O/c1-15-9-21(27-29(15)13-18-6-2-3-8-20(18)24)26-22(30)17-7-4-5-16(10-17)12-28-14-19(23)11-25-28/h2-11,14H,12-13H2,1H3,(H,26,27,30). The van der Waals surface area contributed by atoms with Gasteiger partial charge in [0.2, 0.25) is 0 Å². The van der Waals surface area contributed by atoms with Crippen LogP contribution in [0.3, 0.4) is 0 Å².